The first-order chi connectivity index (χ1) is 25.9. The summed E-state index contributed by atoms with van der Waals surface area (Å²) in [6, 6.07) is 31.9. The molecule has 268 valence electrons. The van der Waals surface area contributed by atoms with E-state index in [1.54, 1.807) is 42.5 Å². The number of nitrogens with zero attached hydrogens (tertiary/aromatic N) is 1. The third-order valence-corrected chi connectivity index (χ3v) is 11.3. The zero-order chi connectivity index (χ0) is 38.0. The fourth-order valence-corrected chi connectivity index (χ4v) is 8.37. The van der Waals surface area contributed by atoms with E-state index in [2.05, 4.69) is 26.7 Å². The first-order valence-corrected chi connectivity index (χ1v) is 17.2. The van der Waals surface area contributed by atoms with Gasteiger partial charge < -0.3 is 23.4 Å². The summed E-state index contributed by atoms with van der Waals surface area (Å²) >= 11 is 0. The predicted molar refractivity (Wildman–Crippen MR) is 204 cm³/mol. The van der Waals surface area contributed by atoms with Gasteiger partial charge >= 0.3 is 11.3 Å². The first-order valence-electron chi connectivity index (χ1n) is 17.2. The number of hydrogen-bond acceptors (Lipinski definition) is 9. The van der Waals surface area contributed by atoms with Crippen molar-refractivity contribution >= 4 is 38.4 Å². The summed E-state index contributed by atoms with van der Waals surface area (Å²) in [7, 11) is 0. The van der Waals surface area contributed by atoms with E-state index in [9.17, 15) is 24.8 Å². The van der Waals surface area contributed by atoms with Crippen LogP contribution in [-0.2, 0) is 17.4 Å². The van der Waals surface area contributed by atoms with Crippen molar-refractivity contribution in [2.75, 3.05) is 6.61 Å². The molecule has 10 nitrogen and oxygen atoms in total. The van der Waals surface area contributed by atoms with Crippen molar-refractivity contribution < 1.29 is 28.3 Å². The summed E-state index contributed by atoms with van der Waals surface area (Å²) in [6.45, 7) is 6.37. The van der Waals surface area contributed by atoms with Gasteiger partial charge in [0, 0.05) is 34.9 Å². The molecule has 0 spiro atoms. The molecule has 0 fully saturated rings. The number of nitro benzene ring substituents is 1. The van der Waals surface area contributed by atoms with Crippen molar-refractivity contribution in [2.45, 2.75) is 38.2 Å². The van der Waals surface area contributed by atoms with Crippen LogP contribution in [0.5, 0.6) is 17.2 Å². The van der Waals surface area contributed by atoms with Crippen LogP contribution in [0.3, 0.4) is 0 Å². The molecule has 1 aliphatic carbocycles. The maximum Gasteiger partial charge on any atom is 0.344 e. The molecule has 54 heavy (non-hydrogen) atoms. The van der Waals surface area contributed by atoms with Crippen LogP contribution in [0.15, 0.2) is 128 Å². The minimum atomic E-state index is -1.02. The average Bonchev–Trinajstić information content (AvgIpc) is 3.15. The molecule has 10 heteroatoms. The second-order valence-corrected chi connectivity index (χ2v) is 14.2. The Labute approximate surface area is 308 Å². The molecule has 7 aromatic rings. The highest BCUT2D eigenvalue weighted by molar-refractivity contribution is 5.90. The number of hydrogen-bond donors (Lipinski definition) is 1. The Morgan fingerprint density at radius 1 is 0.833 bits per heavy atom. The van der Waals surface area contributed by atoms with Gasteiger partial charge in [0.15, 0.2) is 0 Å². The number of terminal acetylenes is 1. The van der Waals surface area contributed by atoms with E-state index < -0.39 is 27.7 Å². The maximum absolute atomic E-state index is 13.9. The summed E-state index contributed by atoms with van der Waals surface area (Å²) in [6.07, 6.45) is 5.92. The second kappa shape index (κ2) is 12.4. The van der Waals surface area contributed by atoms with Crippen molar-refractivity contribution in [3.63, 3.8) is 0 Å². The van der Waals surface area contributed by atoms with Gasteiger partial charge in [0.1, 0.15) is 40.6 Å². The highest BCUT2D eigenvalue weighted by atomic mass is 16.6. The lowest BCUT2D eigenvalue weighted by molar-refractivity contribution is -0.384. The van der Waals surface area contributed by atoms with E-state index in [1.807, 2.05) is 54.6 Å². The minimum absolute atomic E-state index is 0.000681. The molecule has 1 N–H and O–H groups in total. The van der Waals surface area contributed by atoms with Crippen LogP contribution in [0.2, 0.25) is 0 Å². The van der Waals surface area contributed by atoms with E-state index >= 15 is 0 Å². The zero-order valence-corrected chi connectivity index (χ0v) is 29.5. The van der Waals surface area contributed by atoms with Crippen molar-refractivity contribution in [1.29, 1.82) is 0 Å². The van der Waals surface area contributed by atoms with Gasteiger partial charge in [-0.25, -0.2) is 9.59 Å². The number of benzene rings is 5. The van der Waals surface area contributed by atoms with Crippen LogP contribution < -0.4 is 20.7 Å². The van der Waals surface area contributed by atoms with Crippen molar-refractivity contribution in [1.82, 2.24) is 0 Å². The zero-order valence-electron chi connectivity index (χ0n) is 29.5. The SMILES string of the molecule is C#CCOc1ccc2c(c1)[C@]1(C)c3c(c4ccccc4oc3=O)OC(c3cccc4ccc([N+](=O)[O-])cc34)(C2)C1(C)C.O=c1cc(O)c2ccccc2o1. The van der Waals surface area contributed by atoms with Crippen LogP contribution in [0.1, 0.15) is 43.0 Å². The molecular weight excluding hydrogens is 686 g/mol. The van der Waals surface area contributed by atoms with Crippen LogP contribution in [0.25, 0.3) is 32.7 Å². The van der Waals surface area contributed by atoms with Crippen LogP contribution in [0.4, 0.5) is 5.69 Å². The number of ether oxygens (including phenoxy) is 2. The molecule has 0 amide bonds. The summed E-state index contributed by atoms with van der Waals surface area (Å²) in [5.41, 5.74) is 0.286. The fourth-order valence-electron chi connectivity index (χ4n) is 8.37. The monoisotopic (exact) mass is 719 g/mol. The molecule has 2 aromatic heterocycles. The van der Waals surface area contributed by atoms with Gasteiger partial charge in [0.2, 0.25) is 0 Å². The molecule has 2 atom stereocenters. The largest absolute Gasteiger partial charge is 0.507 e. The molecule has 0 saturated heterocycles. The lowest BCUT2D eigenvalue weighted by Gasteiger charge is -2.63. The van der Waals surface area contributed by atoms with Crippen molar-refractivity contribution in [3.05, 3.63) is 162 Å². The van der Waals surface area contributed by atoms with Crippen molar-refractivity contribution in [3.8, 4) is 29.6 Å². The minimum Gasteiger partial charge on any atom is -0.507 e. The van der Waals surface area contributed by atoms with Gasteiger partial charge in [-0.2, -0.15) is 0 Å². The summed E-state index contributed by atoms with van der Waals surface area (Å²) < 4.78 is 23.8. The summed E-state index contributed by atoms with van der Waals surface area (Å²) in [4.78, 5) is 36.2. The Hall–Kier alpha value is -6.86. The second-order valence-electron chi connectivity index (χ2n) is 14.2. The van der Waals surface area contributed by atoms with E-state index in [0.29, 0.717) is 45.4 Å². The van der Waals surface area contributed by atoms with Crippen molar-refractivity contribution in [2.24, 2.45) is 5.41 Å². The standard InChI is InChI=1S/C35H27NO6.C9H6O3/c1-5-17-40-24-16-14-22-20-35(27-11-8-9-21-13-15-23(36(38)39)18-26(21)27)33(2,3)34(4,28(22)19-24)30-31(42-35)25-10-6-7-12-29(25)41-32(30)37;10-7-5-9(11)12-8-4-2-1-3-6(7)8/h1,6-16,18-19H,17,20H2,2-4H3;1-5,10H/t34-,35?;/m1./s1. The Kier molecular flexibility index (Phi) is 7.85. The summed E-state index contributed by atoms with van der Waals surface area (Å²) in [5.74, 6) is 3.54. The fraction of sp³-hybridized carbons (Fsp3) is 0.182. The number of fused-ring (bicyclic) bond motifs is 10. The van der Waals surface area contributed by atoms with Crippen LogP contribution in [0, 0.1) is 27.9 Å². The molecule has 2 aliphatic rings. The quantitative estimate of drug-likeness (QED) is 0.0820. The number of aromatic hydroxyl groups is 1. The van der Waals surface area contributed by atoms with Crippen LogP contribution >= 0.6 is 0 Å². The average molecular weight is 720 g/mol. The maximum atomic E-state index is 13.9. The Balaban J connectivity index is 0.000000292. The normalized spacial score (nSPS) is 19.1. The Morgan fingerprint density at radius 2 is 1.56 bits per heavy atom. The highest BCUT2D eigenvalue weighted by Gasteiger charge is 2.67. The van der Waals surface area contributed by atoms with Gasteiger partial charge in [-0.15, -0.1) is 6.42 Å². The number of rotatable bonds is 4. The smallest absolute Gasteiger partial charge is 0.344 e. The van der Waals surface area contributed by atoms with Gasteiger partial charge in [0.25, 0.3) is 5.69 Å². The Morgan fingerprint density at radius 3 is 2.30 bits per heavy atom. The van der Waals surface area contributed by atoms with Gasteiger partial charge in [0.05, 0.1) is 27.3 Å². The van der Waals surface area contributed by atoms with Crippen LogP contribution in [-0.4, -0.2) is 16.6 Å². The number of para-hydroxylation sites is 2. The van der Waals surface area contributed by atoms with E-state index in [4.69, 9.17) is 24.7 Å². The lowest BCUT2D eigenvalue weighted by atomic mass is 9.45. The summed E-state index contributed by atoms with van der Waals surface area (Å²) in [5, 5.41) is 24.0. The topological polar surface area (TPSA) is 142 Å². The molecule has 1 aliphatic heterocycles. The molecule has 1 unspecified atom stereocenters. The van der Waals surface area contributed by atoms with E-state index in [1.165, 1.54) is 6.07 Å². The number of nitro groups is 1. The van der Waals surface area contributed by atoms with E-state index in [0.717, 1.165) is 33.5 Å². The molecule has 9 rings (SSSR count). The lowest BCUT2D eigenvalue weighted by Crippen LogP contribution is -2.65. The third kappa shape index (κ3) is 4.96. The van der Waals surface area contributed by atoms with E-state index in [-0.39, 0.29) is 23.0 Å². The molecule has 5 aromatic carbocycles. The molecule has 0 radical (unpaired) electrons. The first kappa shape index (κ1) is 34.2. The molecule has 0 saturated carbocycles. The Bertz CT molecular complexity index is 2850. The molecular formula is C44H33NO9. The predicted octanol–water partition coefficient (Wildman–Crippen LogP) is 8.54. The molecule has 2 bridgehead atoms. The van der Waals surface area contributed by atoms with Gasteiger partial charge in [-0.05, 0) is 64.4 Å². The third-order valence-electron chi connectivity index (χ3n) is 11.3. The highest BCUT2D eigenvalue weighted by Crippen LogP contribution is 2.67. The molecule has 3 heterocycles. The number of non-ortho nitro benzene ring substituents is 1. The van der Waals surface area contributed by atoms with Gasteiger partial charge in [-0.3, -0.25) is 10.1 Å². The van der Waals surface area contributed by atoms with Gasteiger partial charge in [-0.1, -0.05) is 75.2 Å².